The lowest BCUT2D eigenvalue weighted by Crippen LogP contribution is -2.27. The molecule has 1 aromatic carbocycles. The zero-order valence-corrected chi connectivity index (χ0v) is 18.3. The van der Waals surface area contributed by atoms with Crippen molar-refractivity contribution >= 4 is 39.1 Å². The zero-order chi connectivity index (χ0) is 21.8. The molecular weight excluding hydrogens is 436 g/mol. The summed E-state index contributed by atoms with van der Waals surface area (Å²) in [4.78, 5) is 32.5. The number of halogens is 1. The molecule has 1 aliphatic rings. The number of benzene rings is 1. The highest BCUT2D eigenvalue weighted by Crippen LogP contribution is 2.31. The van der Waals surface area contributed by atoms with Gasteiger partial charge in [-0.2, -0.15) is 5.26 Å². The molecule has 0 radical (unpaired) electrons. The third-order valence-electron chi connectivity index (χ3n) is 5.41. The Kier molecular flexibility index (Phi) is 6.66. The second-order valence-corrected chi connectivity index (χ2v) is 8.98. The number of carbonyl (C=O) groups is 1. The Hall–Kier alpha value is -2.73. The standard InChI is InChI=1S/C22H21ClN4O3S/c23-17-3-1-2-14(7-17)9-25-21(29)19-26-20(28)18-16(12-31-22(18)27-19)11-30-10-15-5-4-13(6-15)8-24/h1-3,7,12-13,15H,4-6,9-11H2,(H,25,29)(H,26,27,28). The fourth-order valence-electron chi connectivity index (χ4n) is 3.81. The number of aromatic nitrogens is 2. The van der Waals surface area contributed by atoms with Gasteiger partial charge in [0.2, 0.25) is 5.82 Å². The van der Waals surface area contributed by atoms with Crippen LogP contribution in [0.4, 0.5) is 0 Å². The Morgan fingerprint density at radius 1 is 1.42 bits per heavy atom. The number of nitrogens with zero attached hydrogens (tertiary/aromatic N) is 2. The highest BCUT2D eigenvalue weighted by atomic mass is 35.5. The number of amides is 1. The van der Waals surface area contributed by atoms with Crippen LogP contribution in [-0.2, 0) is 17.9 Å². The molecule has 2 aromatic heterocycles. The van der Waals surface area contributed by atoms with Gasteiger partial charge in [0.05, 0.1) is 18.1 Å². The lowest BCUT2D eigenvalue weighted by Gasteiger charge is -2.09. The van der Waals surface area contributed by atoms with Crippen LogP contribution in [0.5, 0.6) is 0 Å². The minimum Gasteiger partial charge on any atom is -0.376 e. The molecule has 1 aliphatic carbocycles. The van der Waals surface area contributed by atoms with Gasteiger partial charge in [-0.1, -0.05) is 23.7 Å². The van der Waals surface area contributed by atoms with Crippen LogP contribution < -0.4 is 10.9 Å². The summed E-state index contributed by atoms with van der Waals surface area (Å²) < 4.78 is 5.82. The van der Waals surface area contributed by atoms with Crippen molar-refractivity contribution in [1.82, 2.24) is 15.3 Å². The molecular formula is C22H21ClN4O3S. The first-order chi connectivity index (χ1) is 15.0. The van der Waals surface area contributed by atoms with Crippen molar-refractivity contribution < 1.29 is 9.53 Å². The van der Waals surface area contributed by atoms with E-state index in [1.807, 2.05) is 11.4 Å². The summed E-state index contributed by atoms with van der Waals surface area (Å²) in [6.07, 6.45) is 2.80. The van der Waals surface area contributed by atoms with Crippen molar-refractivity contribution in [2.24, 2.45) is 11.8 Å². The van der Waals surface area contributed by atoms with Crippen molar-refractivity contribution in [3.63, 3.8) is 0 Å². The zero-order valence-electron chi connectivity index (χ0n) is 16.7. The molecule has 31 heavy (non-hydrogen) atoms. The van der Waals surface area contributed by atoms with Crippen molar-refractivity contribution in [3.05, 3.63) is 62.0 Å². The van der Waals surface area contributed by atoms with Crippen LogP contribution >= 0.6 is 22.9 Å². The molecule has 160 valence electrons. The first-order valence-corrected chi connectivity index (χ1v) is 11.3. The van der Waals surface area contributed by atoms with Gasteiger partial charge in [0.25, 0.3) is 11.5 Å². The molecule has 0 aliphatic heterocycles. The van der Waals surface area contributed by atoms with E-state index in [0.29, 0.717) is 34.4 Å². The molecule has 0 bridgehead atoms. The largest absolute Gasteiger partial charge is 0.376 e. The number of hydrogen-bond acceptors (Lipinski definition) is 6. The van der Waals surface area contributed by atoms with Gasteiger partial charge in [-0.3, -0.25) is 9.59 Å². The number of aromatic amines is 1. The van der Waals surface area contributed by atoms with Crippen LogP contribution in [0.1, 0.15) is 41.0 Å². The summed E-state index contributed by atoms with van der Waals surface area (Å²) in [6.45, 7) is 1.15. The molecule has 1 fully saturated rings. The van der Waals surface area contributed by atoms with E-state index in [9.17, 15) is 9.59 Å². The number of thiophene rings is 1. The number of H-pyrrole nitrogens is 1. The van der Waals surface area contributed by atoms with E-state index in [-0.39, 0.29) is 23.8 Å². The highest BCUT2D eigenvalue weighted by molar-refractivity contribution is 7.16. The average Bonchev–Trinajstić information content (AvgIpc) is 3.39. The third-order valence-corrected chi connectivity index (χ3v) is 6.57. The van der Waals surface area contributed by atoms with E-state index < -0.39 is 5.91 Å². The number of hydrogen-bond donors (Lipinski definition) is 2. The number of ether oxygens (including phenoxy) is 1. The number of fused-ring (bicyclic) bond motifs is 1. The third kappa shape index (κ3) is 5.13. The van der Waals surface area contributed by atoms with Crippen molar-refractivity contribution in [3.8, 4) is 6.07 Å². The normalized spacial score (nSPS) is 18.2. The van der Waals surface area contributed by atoms with Gasteiger partial charge in [0, 0.05) is 29.7 Å². The van der Waals surface area contributed by atoms with Gasteiger partial charge < -0.3 is 15.0 Å². The summed E-state index contributed by atoms with van der Waals surface area (Å²) in [5, 5.41) is 14.6. The Morgan fingerprint density at radius 3 is 3.06 bits per heavy atom. The van der Waals surface area contributed by atoms with Crippen molar-refractivity contribution in [1.29, 1.82) is 5.26 Å². The van der Waals surface area contributed by atoms with Gasteiger partial charge in [-0.25, -0.2) is 4.98 Å². The van der Waals surface area contributed by atoms with Gasteiger partial charge in [0.1, 0.15) is 4.83 Å². The fraction of sp³-hybridized carbons (Fsp3) is 0.364. The average molecular weight is 457 g/mol. The van der Waals surface area contributed by atoms with Crippen molar-refractivity contribution in [2.75, 3.05) is 6.61 Å². The minimum atomic E-state index is -0.460. The molecule has 2 atom stereocenters. The number of nitriles is 1. The SMILES string of the molecule is N#CC1CCC(COCc2csc3nc(C(=O)NCc4cccc(Cl)c4)[nH]c(=O)c23)C1. The maximum atomic E-state index is 12.6. The van der Waals surface area contributed by atoms with Crippen LogP contribution in [0, 0.1) is 23.2 Å². The number of carbonyl (C=O) groups excluding carboxylic acids is 1. The monoisotopic (exact) mass is 456 g/mol. The lowest BCUT2D eigenvalue weighted by atomic mass is 10.1. The van der Waals surface area contributed by atoms with Gasteiger partial charge in [0.15, 0.2) is 0 Å². The molecule has 7 nitrogen and oxygen atoms in total. The summed E-state index contributed by atoms with van der Waals surface area (Å²) in [5.74, 6) is 0.0348. The van der Waals surface area contributed by atoms with E-state index in [4.69, 9.17) is 21.6 Å². The quantitative estimate of drug-likeness (QED) is 0.558. The highest BCUT2D eigenvalue weighted by Gasteiger charge is 2.24. The molecule has 0 saturated heterocycles. The molecule has 4 rings (SSSR count). The first kappa shape index (κ1) is 21.5. The van der Waals surface area contributed by atoms with E-state index in [2.05, 4.69) is 21.4 Å². The Bertz CT molecular complexity index is 1200. The molecule has 2 heterocycles. The van der Waals surface area contributed by atoms with E-state index in [1.54, 1.807) is 18.2 Å². The van der Waals surface area contributed by atoms with Crippen LogP contribution in [0.25, 0.3) is 10.2 Å². The fourth-order valence-corrected chi connectivity index (χ4v) is 4.95. The van der Waals surface area contributed by atoms with Gasteiger partial charge in [-0.05, 0) is 48.3 Å². The molecule has 1 amide bonds. The van der Waals surface area contributed by atoms with Gasteiger partial charge in [-0.15, -0.1) is 11.3 Å². The van der Waals surface area contributed by atoms with Crippen LogP contribution in [0.15, 0.2) is 34.4 Å². The Balaban J connectivity index is 1.39. The number of rotatable bonds is 7. The molecule has 3 aromatic rings. The van der Waals surface area contributed by atoms with E-state index in [1.165, 1.54) is 11.3 Å². The summed E-state index contributed by atoms with van der Waals surface area (Å²) in [7, 11) is 0. The van der Waals surface area contributed by atoms with Crippen LogP contribution in [0.2, 0.25) is 5.02 Å². The maximum Gasteiger partial charge on any atom is 0.287 e. The van der Waals surface area contributed by atoms with Crippen molar-refractivity contribution in [2.45, 2.75) is 32.4 Å². The van der Waals surface area contributed by atoms with Crippen LogP contribution in [-0.4, -0.2) is 22.5 Å². The Labute approximate surface area is 188 Å². The van der Waals surface area contributed by atoms with Crippen LogP contribution in [0.3, 0.4) is 0 Å². The van der Waals surface area contributed by atoms with E-state index in [0.717, 1.165) is 30.4 Å². The molecule has 0 spiro atoms. The molecule has 1 saturated carbocycles. The topological polar surface area (TPSA) is 108 Å². The predicted molar refractivity (Wildman–Crippen MR) is 119 cm³/mol. The molecule has 2 unspecified atom stereocenters. The smallest absolute Gasteiger partial charge is 0.287 e. The van der Waals surface area contributed by atoms with E-state index >= 15 is 0 Å². The van der Waals surface area contributed by atoms with Gasteiger partial charge >= 0.3 is 0 Å². The second kappa shape index (κ2) is 9.60. The molecule has 2 N–H and O–H groups in total. The first-order valence-electron chi connectivity index (χ1n) is 10.0. The summed E-state index contributed by atoms with van der Waals surface area (Å²) in [5.41, 5.74) is 1.25. The minimum absolute atomic E-state index is 0.0256. The Morgan fingerprint density at radius 2 is 2.29 bits per heavy atom. The molecule has 9 heteroatoms. The summed E-state index contributed by atoms with van der Waals surface area (Å²) in [6, 6.07) is 9.50. The maximum absolute atomic E-state index is 12.6. The predicted octanol–water partition coefficient (Wildman–Crippen LogP) is 4.02. The lowest BCUT2D eigenvalue weighted by molar-refractivity contribution is 0.0890. The number of nitrogens with one attached hydrogen (secondary N) is 2. The second-order valence-electron chi connectivity index (χ2n) is 7.69. The summed E-state index contributed by atoms with van der Waals surface area (Å²) >= 11 is 7.27.